The van der Waals surface area contributed by atoms with Gasteiger partial charge in [-0.1, -0.05) is 0 Å². The molecule has 68 valence electrons. The molecule has 0 aliphatic carbocycles. The number of hydrogen-bond donors (Lipinski definition) is 0. The van der Waals surface area contributed by atoms with E-state index < -0.39 is 0 Å². The molecule has 0 aliphatic heterocycles. The second-order valence-corrected chi connectivity index (χ2v) is 3.77. The van der Waals surface area contributed by atoms with E-state index in [4.69, 9.17) is 0 Å². The number of fused-ring (bicyclic) bond motifs is 1. The van der Waals surface area contributed by atoms with Crippen LogP contribution in [0.25, 0.3) is 11.3 Å². The molecule has 2 heterocycles. The Morgan fingerprint density at radius 1 is 1.15 bits per heavy atom. The minimum absolute atomic E-state index is 0.150. The molecule has 0 aliphatic rings. The largest absolute Gasteiger partial charge is 0.242 e. The van der Waals surface area contributed by atoms with Crippen LogP contribution in [0, 0.1) is 0 Å². The van der Waals surface area contributed by atoms with Crippen molar-refractivity contribution in [2.45, 2.75) is 26.3 Å². The highest BCUT2D eigenvalue weighted by Gasteiger charge is 2.17. The van der Waals surface area contributed by atoms with Crippen molar-refractivity contribution in [3.8, 4) is 0 Å². The molecule has 2 aromatic rings. The van der Waals surface area contributed by atoms with Gasteiger partial charge in [-0.2, -0.15) is 4.80 Å². The van der Waals surface area contributed by atoms with Crippen LogP contribution in [0.4, 0.5) is 0 Å². The van der Waals surface area contributed by atoms with Crippen molar-refractivity contribution in [3.63, 3.8) is 0 Å². The van der Waals surface area contributed by atoms with E-state index in [2.05, 4.69) is 25.4 Å². The third-order valence-corrected chi connectivity index (χ3v) is 1.56. The van der Waals surface area contributed by atoms with E-state index in [9.17, 15) is 0 Å². The number of nitrogens with zero attached hydrogens (tertiary/aromatic N) is 6. The topological polar surface area (TPSA) is 69.4 Å². The fraction of sp³-hybridized carbons (Fsp3) is 0.571. The van der Waals surface area contributed by atoms with Crippen LogP contribution in [-0.4, -0.2) is 30.2 Å². The van der Waals surface area contributed by atoms with Crippen molar-refractivity contribution in [2.24, 2.45) is 0 Å². The summed E-state index contributed by atoms with van der Waals surface area (Å²) in [6.45, 7) is 6.04. The molecule has 2 aromatic heterocycles. The predicted octanol–water partition coefficient (Wildman–Crippen LogP) is 0.371. The Balaban J connectivity index is 2.63. The molecule has 0 atom stereocenters. The van der Waals surface area contributed by atoms with Gasteiger partial charge in [0.25, 0.3) is 0 Å². The average Bonchev–Trinajstić information content (AvgIpc) is 2.45. The Morgan fingerprint density at radius 3 is 2.46 bits per heavy atom. The van der Waals surface area contributed by atoms with Crippen LogP contribution < -0.4 is 0 Å². The van der Waals surface area contributed by atoms with Crippen molar-refractivity contribution in [1.29, 1.82) is 0 Å². The molecular formula is C7H10N6. The molecule has 13 heavy (non-hydrogen) atoms. The lowest BCUT2D eigenvalue weighted by atomic mass is 10.1. The van der Waals surface area contributed by atoms with E-state index in [1.807, 2.05) is 20.8 Å². The summed E-state index contributed by atoms with van der Waals surface area (Å²) in [5, 5.41) is 15.8. The van der Waals surface area contributed by atoms with Crippen LogP contribution in [0.5, 0.6) is 0 Å². The molecule has 0 saturated heterocycles. The monoisotopic (exact) mass is 178 g/mol. The van der Waals surface area contributed by atoms with Gasteiger partial charge in [0.2, 0.25) is 11.3 Å². The van der Waals surface area contributed by atoms with E-state index >= 15 is 0 Å². The highest BCUT2D eigenvalue weighted by molar-refractivity contribution is 5.61. The van der Waals surface area contributed by atoms with E-state index in [0.717, 1.165) is 0 Å². The molecule has 0 fully saturated rings. The molecule has 0 aromatic carbocycles. The van der Waals surface area contributed by atoms with Crippen molar-refractivity contribution in [3.05, 3.63) is 6.33 Å². The van der Waals surface area contributed by atoms with Crippen molar-refractivity contribution in [1.82, 2.24) is 30.2 Å². The Hall–Kier alpha value is -1.59. The van der Waals surface area contributed by atoms with Crippen LogP contribution in [-0.2, 0) is 5.54 Å². The van der Waals surface area contributed by atoms with Crippen LogP contribution in [0.3, 0.4) is 0 Å². The zero-order valence-corrected chi connectivity index (χ0v) is 7.76. The summed E-state index contributed by atoms with van der Waals surface area (Å²) in [4.78, 5) is 5.54. The molecule has 0 saturated carbocycles. The highest BCUT2D eigenvalue weighted by Crippen LogP contribution is 2.11. The summed E-state index contributed by atoms with van der Waals surface area (Å²) >= 11 is 0. The molecule has 6 heteroatoms. The van der Waals surface area contributed by atoms with Gasteiger partial charge in [0.05, 0.1) is 5.54 Å². The summed E-state index contributed by atoms with van der Waals surface area (Å²) in [7, 11) is 0. The number of hydrogen-bond acceptors (Lipinski definition) is 5. The van der Waals surface area contributed by atoms with E-state index in [0.29, 0.717) is 11.3 Å². The number of rotatable bonds is 0. The second kappa shape index (κ2) is 2.45. The maximum absolute atomic E-state index is 4.18. The molecule has 0 amide bonds. The van der Waals surface area contributed by atoms with Crippen molar-refractivity contribution in [2.75, 3.05) is 0 Å². The fourth-order valence-corrected chi connectivity index (χ4v) is 0.901. The maximum atomic E-state index is 4.18. The zero-order valence-electron chi connectivity index (χ0n) is 7.76. The lowest BCUT2D eigenvalue weighted by Gasteiger charge is -2.15. The Morgan fingerprint density at radius 2 is 1.85 bits per heavy atom. The third-order valence-electron chi connectivity index (χ3n) is 1.56. The Labute approximate surface area is 75.0 Å². The molecule has 0 bridgehead atoms. The fourth-order valence-electron chi connectivity index (χ4n) is 0.901. The van der Waals surface area contributed by atoms with Gasteiger partial charge in [0.15, 0.2) is 0 Å². The molecular weight excluding hydrogens is 168 g/mol. The molecule has 0 N–H and O–H groups in total. The lowest BCUT2D eigenvalue weighted by Crippen LogP contribution is -2.24. The normalized spacial score (nSPS) is 12.2. The van der Waals surface area contributed by atoms with Gasteiger partial charge in [-0.25, -0.2) is 4.98 Å². The predicted molar refractivity (Wildman–Crippen MR) is 45.9 cm³/mol. The minimum Gasteiger partial charge on any atom is -0.210 e. The summed E-state index contributed by atoms with van der Waals surface area (Å²) in [5.74, 6) is 0. The first kappa shape index (κ1) is 8.03. The van der Waals surface area contributed by atoms with E-state index in [1.165, 1.54) is 6.33 Å². The Kier molecular flexibility index (Phi) is 1.51. The molecule has 0 radical (unpaired) electrons. The van der Waals surface area contributed by atoms with Crippen molar-refractivity contribution >= 4 is 11.3 Å². The van der Waals surface area contributed by atoms with Gasteiger partial charge in [0.1, 0.15) is 6.33 Å². The summed E-state index contributed by atoms with van der Waals surface area (Å²) in [5.41, 5.74) is 0.866. The van der Waals surface area contributed by atoms with Crippen molar-refractivity contribution < 1.29 is 0 Å². The molecule has 6 nitrogen and oxygen atoms in total. The molecule has 0 unspecified atom stereocenters. The quantitative estimate of drug-likeness (QED) is 0.583. The van der Waals surface area contributed by atoms with Gasteiger partial charge in [0, 0.05) is 0 Å². The smallest absolute Gasteiger partial charge is 0.210 e. The first-order chi connectivity index (χ1) is 6.07. The first-order valence-electron chi connectivity index (χ1n) is 3.98. The standard InChI is InChI=1S/C7H10N6/c1-7(2,3)13-11-5-6(12-13)10-9-4-8-5/h4H,1-3H3. The van der Waals surface area contributed by atoms with Gasteiger partial charge in [-0.15, -0.1) is 20.4 Å². The molecule has 2 rings (SSSR count). The maximum Gasteiger partial charge on any atom is 0.242 e. The highest BCUT2D eigenvalue weighted by atomic mass is 15.5. The summed E-state index contributed by atoms with van der Waals surface area (Å²) < 4.78 is 0. The minimum atomic E-state index is -0.150. The van der Waals surface area contributed by atoms with E-state index in [1.54, 1.807) is 4.80 Å². The first-order valence-corrected chi connectivity index (χ1v) is 3.98. The van der Waals surface area contributed by atoms with Crippen LogP contribution >= 0.6 is 0 Å². The Bertz CT molecular complexity index is 393. The SMILES string of the molecule is CC(C)(C)n1nc2ncnnc2n1. The van der Waals surface area contributed by atoms with Gasteiger partial charge >= 0.3 is 0 Å². The number of aromatic nitrogens is 6. The van der Waals surface area contributed by atoms with Gasteiger partial charge < -0.3 is 0 Å². The summed E-state index contributed by atoms with van der Waals surface area (Å²) in [6, 6.07) is 0. The van der Waals surface area contributed by atoms with E-state index in [-0.39, 0.29) is 5.54 Å². The molecule has 0 spiro atoms. The second-order valence-electron chi connectivity index (χ2n) is 3.77. The lowest BCUT2D eigenvalue weighted by molar-refractivity contribution is 0.315. The van der Waals surface area contributed by atoms with Crippen LogP contribution in [0.15, 0.2) is 6.33 Å². The zero-order chi connectivity index (χ0) is 9.47. The summed E-state index contributed by atoms with van der Waals surface area (Å²) in [6.07, 6.45) is 1.37. The van der Waals surface area contributed by atoms with Crippen LogP contribution in [0.1, 0.15) is 20.8 Å². The van der Waals surface area contributed by atoms with Crippen LogP contribution in [0.2, 0.25) is 0 Å². The average molecular weight is 178 g/mol. The van der Waals surface area contributed by atoms with Gasteiger partial charge in [-0.05, 0) is 20.8 Å². The van der Waals surface area contributed by atoms with Gasteiger partial charge in [-0.3, -0.25) is 0 Å². The third kappa shape index (κ3) is 1.34.